The molecule has 4 N–H and O–H groups in total. The molecule has 0 spiro atoms. The van der Waals surface area contributed by atoms with E-state index in [2.05, 4.69) is 26.0 Å². The Morgan fingerprint density at radius 3 is 3.00 bits per heavy atom. The van der Waals surface area contributed by atoms with Gasteiger partial charge >= 0.3 is 0 Å². The van der Waals surface area contributed by atoms with E-state index in [0.29, 0.717) is 6.04 Å². The van der Waals surface area contributed by atoms with Gasteiger partial charge in [0, 0.05) is 34.9 Å². The number of hydrogen-bond acceptors (Lipinski definition) is 4. The number of halogens is 1. The second-order valence-electron chi connectivity index (χ2n) is 5.00. The molecule has 110 valence electrons. The number of nitrogens with zero attached hydrogens (tertiary/aromatic N) is 2. The van der Waals surface area contributed by atoms with Crippen LogP contribution in [0.2, 0.25) is 0 Å². The summed E-state index contributed by atoms with van der Waals surface area (Å²) in [6.07, 6.45) is 3.99. The fourth-order valence-corrected chi connectivity index (χ4v) is 3.14. The third kappa shape index (κ3) is 3.24. The topological polar surface area (TPSA) is 82.1 Å². The van der Waals surface area contributed by atoms with E-state index in [1.165, 1.54) is 0 Å². The van der Waals surface area contributed by atoms with E-state index in [0.717, 1.165) is 48.0 Å². The molecule has 0 aromatic heterocycles. The second-order valence-corrected chi connectivity index (χ2v) is 5.92. The first-order valence-corrected chi connectivity index (χ1v) is 7.61. The number of amidine groups is 1. The average Bonchev–Trinajstić information content (AvgIpc) is 2.92. The molecule has 1 aliphatic heterocycles. The zero-order valence-electron chi connectivity index (χ0n) is 11.3. The Bertz CT molecular complexity index is 493. The summed E-state index contributed by atoms with van der Waals surface area (Å²) in [5, 5.41) is 21.1. The summed E-state index contributed by atoms with van der Waals surface area (Å²) in [5.41, 5.74) is 7.50. The Labute approximate surface area is 127 Å². The summed E-state index contributed by atoms with van der Waals surface area (Å²) < 4.78 is 0.967. The van der Waals surface area contributed by atoms with Gasteiger partial charge in [0.25, 0.3) is 0 Å². The third-order valence-corrected chi connectivity index (χ3v) is 4.22. The van der Waals surface area contributed by atoms with E-state index in [4.69, 9.17) is 16.0 Å². The number of aliphatic hydroxyl groups is 1. The van der Waals surface area contributed by atoms with Crippen molar-refractivity contribution < 1.29 is 10.3 Å². The SMILES string of the molecule is N/C(=N/O)c1ccc(Br)cc1N1CCCC1CCCO. The van der Waals surface area contributed by atoms with Crippen molar-refractivity contribution in [2.75, 3.05) is 18.1 Å². The number of aliphatic hydroxyl groups excluding tert-OH is 1. The van der Waals surface area contributed by atoms with Gasteiger partial charge in [0.05, 0.1) is 0 Å². The number of benzene rings is 1. The smallest absolute Gasteiger partial charge is 0.172 e. The van der Waals surface area contributed by atoms with Gasteiger partial charge < -0.3 is 20.9 Å². The van der Waals surface area contributed by atoms with Crippen LogP contribution in [0, 0.1) is 0 Å². The summed E-state index contributed by atoms with van der Waals surface area (Å²) in [7, 11) is 0. The summed E-state index contributed by atoms with van der Waals surface area (Å²) in [6.45, 7) is 1.17. The molecule has 1 aliphatic rings. The highest BCUT2D eigenvalue weighted by Crippen LogP contribution is 2.32. The Hall–Kier alpha value is -1.27. The van der Waals surface area contributed by atoms with Crippen molar-refractivity contribution in [1.82, 2.24) is 0 Å². The quantitative estimate of drug-likeness (QED) is 0.332. The summed E-state index contributed by atoms with van der Waals surface area (Å²) in [4.78, 5) is 2.30. The average molecular weight is 342 g/mol. The Morgan fingerprint density at radius 2 is 2.30 bits per heavy atom. The zero-order valence-corrected chi connectivity index (χ0v) is 12.9. The number of hydrogen-bond donors (Lipinski definition) is 3. The van der Waals surface area contributed by atoms with Gasteiger partial charge in [-0.1, -0.05) is 21.1 Å². The molecule has 6 heteroatoms. The molecular weight excluding hydrogens is 322 g/mol. The molecule has 0 radical (unpaired) electrons. The molecule has 0 saturated carbocycles. The van der Waals surface area contributed by atoms with E-state index >= 15 is 0 Å². The van der Waals surface area contributed by atoms with Crippen LogP contribution in [0.1, 0.15) is 31.2 Å². The zero-order chi connectivity index (χ0) is 14.5. The summed E-state index contributed by atoms with van der Waals surface area (Å²) in [6, 6.07) is 6.15. The van der Waals surface area contributed by atoms with Gasteiger partial charge in [0.2, 0.25) is 0 Å². The highest BCUT2D eigenvalue weighted by atomic mass is 79.9. The minimum atomic E-state index is 0.125. The van der Waals surface area contributed by atoms with Gasteiger partial charge in [-0.25, -0.2) is 0 Å². The maximum absolute atomic E-state index is 9.01. The van der Waals surface area contributed by atoms with Crippen molar-refractivity contribution in [3.05, 3.63) is 28.2 Å². The van der Waals surface area contributed by atoms with Crippen LogP contribution in [0.15, 0.2) is 27.8 Å². The Morgan fingerprint density at radius 1 is 1.50 bits per heavy atom. The molecule has 0 amide bonds. The van der Waals surface area contributed by atoms with Crippen LogP contribution in [0.5, 0.6) is 0 Å². The lowest BCUT2D eigenvalue weighted by atomic mass is 10.1. The molecule has 0 aliphatic carbocycles. The predicted molar refractivity (Wildman–Crippen MR) is 83.3 cm³/mol. The van der Waals surface area contributed by atoms with Crippen LogP contribution >= 0.6 is 15.9 Å². The lowest BCUT2D eigenvalue weighted by Gasteiger charge is -2.29. The molecule has 1 unspecified atom stereocenters. The lowest BCUT2D eigenvalue weighted by molar-refractivity contribution is 0.279. The monoisotopic (exact) mass is 341 g/mol. The van der Waals surface area contributed by atoms with Crippen LogP contribution in [-0.4, -0.2) is 35.3 Å². The van der Waals surface area contributed by atoms with E-state index in [9.17, 15) is 0 Å². The van der Waals surface area contributed by atoms with Crippen molar-refractivity contribution >= 4 is 27.5 Å². The first-order chi connectivity index (χ1) is 9.67. The molecule has 1 aromatic rings. The second kappa shape index (κ2) is 6.95. The van der Waals surface area contributed by atoms with E-state index < -0.39 is 0 Å². The summed E-state index contributed by atoms with van der Waals surface area (Å²) in [5.74, 6) is 0.125. The fourth-order valence-electron chi connectivity index (χ4n) is 2.79. The standard InChI is InChI=1S/C14H20BrN3O2/c15-10-5-6-12(14(16)17-20)13(9-10)18-7-1-3-11(18)4-2-8-19/h5-6,9,11,19-20H,1-4,7-8H2,(H2,16,17). The Balaban J connectivity index is 2.32. The first kappa shape index (κ1) is 15.1. The fraction of sp³-hybridized carbons (Fsp3) is 0.500. The van der Waals surface area contributed by atoms with Gasteiger partial charge in [-0.2, -0.15) is 0 Å². The molecule has 20 heavy (non-hydrogen) atoms. The van der Waals surface area contributed by atoms with E-state index in [-0.39, 0.29) is 12.4 Å². The molecule has 1 atom stereocenters. The molecule has 1 saturated heterocycles. The predicted octanol–water partition coefficient (Wildman–Crippen LogP) is 2.28. The van der Waals surface area contributed by atoms with Crippen molar-refractivity contribution in [3.8, 4) is 0 Å². The first-order valence-electron chi connectivity index (χ1n) is 6.82. The maximum atomic E-state index is 9.01. The van der Waals surface area contributed by atoms with Crippen molar-refractivity contribution in [2.45, 2.75) is 31.7 Å². The molecule has 0 bridgehead atoms. The minimum Gasteiger partial charge on any atom is -0.409 e. The van der Waals surface area contributed by atoms with Crippen molar-refractivity contribution in [2.24, 2.45) is 10.9 Å². The van der Waals surface area contributed by atoms with Gasteiger partial charge in [-0.05, 0) is 43.9 Å². The molecule has 2 rings (SSSR count). The summed E-state index contributed by atoms with van der Waals surface area (Å²) >= 11 is 3.48. The van der Waals surface area contributed by atoms with Crippen LogP contribution in [-0.2, 0) is 0 Å². The number of anilines is 1. The minimum absolute atomic E-state index is 0.125. The van der Waals surface area contributed by atoms with Crippen LogP contribution < -0.4 is 10.6 Å². The Kier molecular flexibility index (Phi) is 5.25. The molecular formula is C14H20BrN3O2. The number of rotatable bonds is 5. The van der Waals surface area contributed by atoms with Crippen molar-refractivity contribution in [1.29, 1.82) is 0 Å². The number of nitrogens with two attached hydrogens (primary N) is 1. The number of oxime groups is 1. The van der Waals surface area contributed by atoms with Crippen LogP contribution in [0.25, 0.3) is 0 Å². The van der Waals surface area contributed by atoms with Gasteiger partial charge in [0.15, 0.2) is 5.84 Å². The van der Waals surface area contributed by atoms with E-state index in [1.807, 2.05) is 18.2 Å². The molecule has 1 fully saturated rings. The largest absolute Gasteiger partial charge is 0.409 e. The third-order valence-electron chi connectivity index (χ3n) is 3.73. The van der Waals surface area contributed by atoms with Gasteiger partial charge in [-0.15, -0.1) is 0 Å². The van der Waals surface area contributed by atoms with Gasteiger partial charge in [0.1, 0.15) is 0 Å². The normalized spacial score (nSPS) is 19.6. The van der Waals surface area contributed by atoms with Crippen LogP contribution in [0.3, 0.4) is 0 Å². The lowest BCUT2D eigenvalue weighted by Crippen LogP contribution is -2.31. The van der Waals surface area contributed by atoms with E-state index in [1.54, 1.807) is 0 Å². The molecule has 1 aromatic carbocycles. The highest BCUT2D eigenvalue weighted by molar-refractivity contribution is 9.10. The molecule has 5 nitrogen and oxygen atoms in total. The maximum Gasteiger partial charge on any atom is 0.172 e. The molecule has 1 heterocycles. The highest BCUT2D eigenvalue weighted by Gasteiger charge is 2.26. The van der Waals surface area contributed by atoms with Crippen LogP contribution in [0.4, 0.5) is 5.69 Å². The van der Waals surface area contributed by atoms with Crippen molar-refractivity contribution in [3.63, 3.8) is 0 Å². The van der Waals surface area contributed by atoms with Gasteiger partial charge in [-0.3, -0.25) is 0 Å².